The van der Waals surface area contributed by atoms with E-state index in [-0.39, 0.29) is 11.6 Å². The van der Waals surface area contributed by atoms with Gasteiger partial charge in [0.1, 0.15) is 5.60 Å². The standard InChI is InChI=1S/C13H26N2O2S/c1-12(2,3)17-11(16)14-10-13(4,5)15-6-8-18-9-7-15/h6-10H2,1-5H3,(H,14,16). The van der Waals surface area contributed by atoms with Gasteiger partial charge in [-0.05, 0) is 34.6 Å². The molecule has 0 aliphatic carbocycles. The van der Waals surface area contributed by atoms with Crippen LogP contribution in [0.5, 0.6) is 0 Å². The van der Waals surface area contributed by atoms with E-state index in [1.54, 1.807) is 0 Å². The first kappa shape index (κ1) is 15.6. The molecule has 1 N–H and O–H groups in total. The van der Waals surface area contributed by atoms with Crippen molar-refractivity contribution < 1.29 is 9.53 Å². The summed E-state index contributed by atoms with van der Waals surface area (Å²) in [6.07, 6.45) is -0.332. The summed E-state index contributed by atoms with van der Waals surface area (Å²) in [7, 11) is 0. The molecule has 18 heavy (non-hydrogen) atoms. The first-order valence-electron chi connectivity index (χ1n) is 6.50. The maximum Gasteiger partial charge on any atom is 0.407 e. The highest BCUT2D eigenvalue weighted by Gasteiger charge is 2.29. The van der Waals surface area contributed by atoms with E-state index in [0.717, 1.165) is 13.1 Å². The SMILES string of the molecule is CC(C)(C)OC(=O)NCC(C)(C)N1CCSCC1. The summed E-state index contributed by atoms with van der Waals surface area (Å²) in [5.74, 6) is 2.35. The predicted octanol–water partition coefficient (Wildman–Crippen LogP) is 2.34. The van der Waals surface area contributed by atoms with Crippen molar-refractivity contribution in [1.29, 1.82) is 0 Å². The van der Waals surface area contributed by atoms with Crippen molar-refractivity contribution in [2.45, 2.75) is 45.8 Å². The summed E-state index contributed by atoms with van der Waals surface area (Å²) in [5, 5.41) is 2.87. The number of nitrogens with one attached hydrogen (secondary N) is 1. The maximum atomic E-state index is 11.6. The summed E-state index contributed by atoms with van der Waals surface area (Å²) < 4.78 is 5.25. The van der Waals surface area contributed by atoms with Gasteiger partial charge in [-0.15, -0.1) is 0 Å². The second-order valence-electron chi connectivity index (χ2n) is 6.27. The molecule has 1 aliphatic rings. The molecule has 1 fully saturated rings. The lowest BCUT2D eigenvalue weighted by Crippen LogP contribution is -2.54. The molecule has 1 aliphatic heterocycles. The number of hydrogen-bond acceptors (Lipinski definition) is 4. The number of thioether (sulfide) groups is 1. The first-order chi connectivity index (χ1) is 8.21. The van der Waals surface area contributed by atoms with Gasteiger partial charge in [0, 0.05) is 36.7 Å². The molecule has 0 atom stereocenters. The first-order valence-corrected chi connectivity index (χ1v) is 7.66. The Labute approximate surface area is 115 Å². The zero-order valence-electron chi connectivity index (χ0n) is 12.2. The van der Waals surface area contributed by atoms with Crippen molar-refractivity contribution in [1.82, 2.24) is 10.2 Å². The van der Waals surface area contributed by atoms with Crippen LogP contribution in [-0.4, -0.2) is 53.3 Å². The van der Waals surface area contributed by atoms with E-state index >= 15 is 0 Å². The molecule has 106 valence electrons. The number of carbonyl (C=O) groups is 1. The summed E-state index contributed by atoms with van der Waals surface area (Å²) in [6.45, 7) is 12.8. The maximum absolute atomic E-state index is 11.6. The van der Waals surface area contributed by atoms with E-state index in [0.29, 0.717) is 6.54 Å². The Morgan fingerprint density at radius 2 is 1.78 bits per heavy atom. The average Bonchev–Trinajstić information content (AvgIpc) is 2.26. The molecule has 4 nitrogen and oxygen atoms in total. The number of rotatable bonds is 3. The molecule has 1 rings (SSSR count). The Morgan fingerprint density at radius 3 is 2.28 bits per heavy atom. The molecule has 0 unspecified atom stereocenters. The Bertz CT molecular complexity index is 281. The molecule has 1 amide bonds. The summed E-state index contributed by atoms with van der Waals surface area (Å²) in [5.41, 5.74) is -0.451. The molecule has 0 spiro atoms. The lowest BCUT2D eigenvalue weighted by atomic mass is 10.0. The quantitative estimate of drug-likeness (QED) is 0.857. The van der Waals surface area contributed by atoms with Crippen LogP contribution in [0.1, 0.15) is 34.6 Å². The summed E-state index contributed by atoms with van der Waals surface area (Å²) >= 11 is 1.99. The molecule has 1 heterocycles. The molecule has 0 bridgehead atoms. The highest BCUT2D eigenvalue weighted by atomic mass is 32.2. The van der Waals surface area contributed by atoms with Crippen molar-refractivity contribution in [2.75, 3.05) is 31.1 Å². The van der Waals surface area contributed by atoms with Crippen molar-refractivity contribution in [3.05, 3.63) is 0 Å². The highest BCUT2D eigenvalue weighted by molar-refractivity contribution is 7.99. The molecule has 0 aromatic heterocycles. The topological polar surface area (TPSA) is 41.6 Å². The molecule has 0 radical (unpaired) electrons. The molecule has 0 aromatic carbocycles. The minimum atomic E-state index is -0.435. The van der Waals surface area contributed by atoms with E-state index in [2.05, 4.69) is 24.1 Å². The van der Waals surface area contributed by atoms with Crippen molar-refractivity contribution in [3.8, 4) is 0 Å². The van der Waals surface area contributed by atoms with E-state index in [4.69, 9.17) is 4.74 Å². The number of ether oxygens (including phenoxy) is 1. The molecule has 0 saturated carbocycles. The third-order valence-corrected chi connectivity index (χ3v) is 3.87. The minimum Gasteiger partial charge on any atom is -0.444 e. The number of nitrogens with zero attached hydrogens (tertiary/aromatic N) is 1. The molecular weight excluding hydrogens is 248 g/mol. The van der Waals surface area contributed by atoms with Gasteiger partial charge < -0.3 is 10.1 Å². The predicted molar refractivity (Wildman–Crippen MR) is 77.2 cm³/mol. The Balaban J connectivity index is 2.38. The molecule has 0 aromatic rings. The number of alkyl carbamates (subject to hydrolysis) is 1. The van der Waals surface area contributed by atoms with Crippen LogP contribution in [0.15, 0.2) is 0 Å². The normalized spacial score (nSPS) is 18.5. The van der Waals surface area contributed by atoms with E-state index in [9.17, 15) is 4.79 Å². The van der Waals surface area contributed by atoms with E-state index < -0.39 is 5.60 Å². The monoisotopic (exact) mass is 274 g/mol. The van der Waals surface area contributed by atoms with Crippen LogP contribution in [0, 0.1) is 0 Å². The van der Waals surface area contributed by atoms with Gasteiger partial charge in [0.05, 0.1) is 0 Å². The zero-order chi connectivity index (χ0) is 13.8. The Morgan fingerprint density at radius 1 is 1.22 bits per heavy atom. The van der Waals surface area contributed by atoms with Gasteiger partial charge in [-0.25, -0.2) is 4.79 Å². The number of carbonyl (C=O) groups excluding carboxylic acids is 1. The summed E-state index contributed by atoms with van der Waals surface area (Å²) in [4.78, 5) is 14.1. The van der Waals surface area contributed by atoms with Crippen LogP contribution in [0.2, 0.25) is 0 Å². The fraction of sp³-hybridized carbons (Fsp3) is 0.923. The van der Waals surface area contributed by atoms with Crippen molar-refractivity contribution in [2.24, 2.45) is 0 Å². The largest absolute Gasteiger partial charge is 0.444 e. The van der Waals surface area contributed by atoms with Gasteiger partial charge in [0.2, 0.25) is 0 Å². The van der Waals surface area contributed by atoms with Gasteiger partial charge in [0.15, 0.2) is 0 Å². The third kappa shape index (κ3) is 5.48. The lowest BCUT2D eigenvalue weighted by molar-refractivity contribution is 0.0473. The summed E-state index contributed by atoms with van der Waals surface area (Å²) in [6, 6.07) is 0. The Hall–Kier alpha value is -0.420. The fourth-order valence-corrected chi connectivity index (χ4v) is 2.79. The van der Waals surface area contributed by atoms with Crippen LogP contribution >= 0.6 is 11.8 Å². The fourth-order valence-electron chi connectivity index (χ4n) is 1.88. The zero-order valence-corrected chi connectivity index (χ0v) is 13.0. The van der Waals surface area contributed by atoms with Gasteiger partial charge in [-0.2, -0.15) is 11.8 Å². The average molecular weight is 274 g/mol. The van der Waals surface area contributed by atoms with Crippen LogP contribution in [-0.2, 0) is 4.74 Å². The lowest BCUT2D eigenvalue weighted by Gasteiger charge is -2.40. The van der Waals surface area contributed by atoms with E-state index in [1.165, 1.54) is 11.5 Å². The molecule has 1 saturated heterocycles. The second-order valence-corrected chi connectivity index (χ2v) is 7.49. The Kier molecular flexibility index (Phi) is 5.34. The molecule has 5 heteroatoms. The van der Waals surface area contributed by atoms with Crippen molar-refractivity contribution >= 4 is 17.9 Å². The highest BCUT2D eigenvalue weighted by Crippen LogP contribution is 2.19. The molecular formula is C13H26N2O2S. The van der Waals surface area contributed by atoms with Crippen LogP contribution in [0.3, 0.4) is 0 Å². The minimum absolute atomic E-state index is 0.0160. The third-order valence-electron chi connectivity index (χ3n) is 2.93. The van der Waals surface area contributed by atoms with Crippen LogP contribution in [0.25, 0.3) is 0 Å². The number of hydrogen-bond donors (Lipinski definition) is 1. The van der Waals surface area contributed by atoms with Gasteiger partial charge in [-0.1, -0.05) is 0 Å². The van der Waals surface area contributed by atoms with Gasteiger partial charge in [0.25, 0.3) is 0 Å². The smallest absolute Gasteiger partial charge is 0.407 e. The van der Waals surface area contributed by atoms with Crippen LogP contribution < -0.4 is 5.32 Å². The second kappa shape index (κ2) is 6.15. The van der Waals surface area contributed by atoms with Crippen LogP contribution in [0.4, 0.5) is 4.79 Å². The van der Waals surface area contributed by atoms with E-state index in [1.807, 2.05) is 32.5 Å². The number of amides is 1. The van der Waals surface area contributed by atoms with Gasteiger partial charge >= 0.3 is 6.09 Å². The van der Waals surface area contributed by atoms with Gasteiger partial charge in [-0.3, -0.25) is 4.90 Å². The van der Waals surface area contributed by atoms with Crippen molar-refractivity contribution in [3.63, 3.8) is 0 Å².